The van der Waals surface area contributed by atoms with E-state index in [0.29, 0.717) is 33.2 Å². The molecule has 4 aliphatic rings. The molecule has 0 bridgehead atoms. The van der Waals surface area contributed by atoms with Crippen molar-refractivity contribution in [3.05, 3.63) is 112 Å². The third kappa shape index (κ3) is 4.10. The molecule has 2 aliphatic carbocycles. The standard InChI is InChI=1S/C36H26Cl2N2O5/c37-18-5-9-20(10-6-18)39-33(42)26-14-13-25-27(31(26)35(39)44)17-28-32(36(45)40(34(28)43)21-11-7-19(38)8-12-21)30(25)24-15-16-29(41)23-4-2-1-3-22(23)24/h1-13,15-16,26-28,30-32,41H,14,17H2/t26-,27+,28+,30-,31-,32+/m0/s1. The highest BCUT2D eigenvalue weighted by atomic mass is 35.5. The average Bonchev–Trinajstić information content (AvgIpc) is 3.45. The van der Waals surface area contributed by atoms with E-state index in [1.54, 1.807) is 54.6 Å². The number of amides is 4. The van der Waals surface area contributed by atoms with Gasteiger partial charge in [-0.3, -0.25) is 29.0 Å². The predicted molar refractivity (Wildman–Crippen MR) is 171 cm³/mol. The number of imide groups is 2. The number of benzene rings is 4. The van der Waals surface area contributed by atoms with Gasteiger partial charge in [-0.15, -0.1) is 0 Å². The summed E-state index contributed by atoms with van der Waals surface area (Å²) in [4.78, 5) is 59.0. The van der Waals surface area contributed by atoms with Gasteiger partial charge in [0, 0.05) is 21.3 Å². The fourth-order valence-electron chi connectivity index (χ4n) is 8.20. The van der Waals surface area contributed by atoms with Gasteiger partial charge in [-0.25, -0.2) is 0 Å². The van der Waals surface area contributed by atoms with Crippen LogP contribution in [-0.4, -0.2) is 28.7 Å². The van der Waals surface area contributed by atoms with Gasteiger partial charge in [-0.1, -0.05) is 65.2 Å². The second-order valence-corrected chi connectivity index (χ2v) is 13.1. The lowest BCUT2D eigenvalue weighted by molar-refractivity contribution is -0.126. The molecule has 9 heteroatoms. The molecule has 7 nitrogen and oxygen atoms in total. The number of phenolic OH excluding ortho intramolecular Hbond substituents is 1. The number of nitrogens with zero attached hydrogens (tertiary/aromatic N) is 2. The number of rotatable bonds is 3. The Balaban J connectivity index is 1.28. The fourth-order valence-corrected chi connectivity index (χ4v) is 8.46. The second-order valence-electron chi connectivity index (χ2n) is 12.2. The van der Waals surface area contributed by atoms with Crippen molar-refractivity contribution in [3.63, 3.8) is 0 Å². The van der Waals surface area contributed by atoms with Crippen molar-refractivity contribution in [2.45, 2.75) is 18.8 Å². The van der Waals surface area contributed by atoms with Crippen LogP contribution in [0.3, 0.4) is 0 Å². The number of carbonyl (C=O) groups is 4. The zero-order valence-corrected chi connectivity index (χ0v) is 25.3. The van der Waals surface area contributed by atoms with Crippen LogP contribution in [-0.2, 0) is 19.2 Å². The molecular formula is C36H26Cl2N2O5. The summed E-state index contributed by atoms with van der Waals surface area (Å²) in [6, 6.07) is 24.1. The number of halogens is 2. The lowest BCUT2D eigenvalue weighted by Gasteiger charge is -2.44. The Morgan fingerprint density at radius 1 is 0.600 bits per heavy atom. The topological polar surface area (TPSA) is 95.0 Å². The number of phenols is 1. The first-order chi connectivity index (χ1) is 21.7. The molecule has 45 heavy (non-hydrogen) atoms. The first-order valence-corrected chi connectivity index (χ1v) is 15.7. The summed E-state index contributed by atoms with van der Waals surface area (Å²) in [7, 11) is 0. The molecule has 2 saturated heterocycles. The number of hydrogen-bond acceptors (Lipinski definition) is 5. The molecule has 6 atom stereocenters. The highest BCUT2D eigenvalue weighted by Gasteiger charge is 2.62. The smallest absolute Gasteiger partial charge is 0.238 e. The van der Waals surface area contributed by atoms with Gasteiger partial charge in [0.05, 0.1) is 35.0 Å². The van der Waals surface area contributed by atoms with Crippen molar-refractivity contribution < 1.29 is 24.3 Å². The van der Waals surface area contributed by atoms with Gasteiger partial charge < -0.3 is 5.11 Å². The SMILES string of the molecule is O=C1[C@H]2[C@H](CC=C3[C@H]2C[C@H]2C(=O)N(c4ccc(Cl)cc4)C(=O)[C@H]2[C@H]3c2ccc(O)c3ccccc23)C(=O)N1c1ccc(Cl)cc1. The van der Waals surface area contributed by atoms with E-state index in [1.165, 1.54) is 9.80 Å². The first-order valence-electron chi connectivity index (χ1n) is 14.9. The molecule has 1 saturated carbocycles. The molecule has 0 unspecified atom stereocenters. The zero-order valence-electron chi connectivity index (χ0n) is 23.8. The summed E-state index contributed by atoms with van der Waals surface area (Å²) >= 11 is 12.2. The van der Waals surface area contributed by atoms with E-state index >= 15 is 0 Å². The lowest BCUT2D eigenvalue weighted by Crippen LogP contribution is -2.43. The number of hydrogen-bond donors (Lipinski definition) is 1. The maximum Gasteiger partial charge on any atom is 0.238 e. The molecule has 4 aromatic rings. The number of fused-ring (bicyclic) bond motifs is 5. The van der Waals surface area contributed by atoms with E-state index in [1.807, 2.05) is 36.4 Å². The van der Waals surface area contributed by atoms with Gasteiger partial charge in [0.15, 0.2) is 0 Å². The Labute approximate surface area is 268 Å². The second kappa shape index (κ2) is 10.3. The molecule has 2 heterocycles. The maximum atomic E-state index is 14.4. The molecule has 224 valence electrons. The van der Waals surface area contributed by atoms with E-state index in [-0.39, 0.29) is 35.8 Å². The monoisotopic (exact) mass is 636 g/mol. The van der Waals surface area contributed by atoms with E-state index in [0.717, 1.165) is 16.5 Å². The Morgan fingerprint density at radius 3 is 1.78 bits per heavy atom. The lowest BCUT2D eigenvalue weighted by atomic mass is 9.57. The van der Waals surface area contributed by atoms with Crippen molar-refractivity contribution in [1.29, 1.82) is 0 Å². The molecule has 0 radical (unpaired) electrons. The minimum absolute atomic E-state index is 0.114. The van der Waals surface area contributed by atoms with Crippen molar-refractivity contribution in [2.24, 2.45) is 29.6 Å². The molecule has 2 aliphatic heterocycles. The van der Waals surface area contributed by atoms with Crippen molar-refractivity contribution >= 4 is 69.0 Å². The molecule has 4 aromatic carbocycles. The van der Waals surface area contributed by atoms with Crippen LogP contribution in [0.1, 0.15) is 24.3 Å². The molecule has 8 rings (SSSR count). The minimum Gasteiger partial charge on any atom is -0.507 e. The average molecular weight is 638 g/mol. The van der Waals surface area contributed by atoms with Gasteiger partial charge >= 0.3 is 0 Å². The van der Waals surface area contributed by atoms with E-state index in [9.17, 15) is 24.3 Å². The third-order valence-electron chi connectivity index (χ3n) is 10.1. The van der Waals surface area contributed by atoms with Crippen LogP contribution in [0.15, 0.2) is 96.6 Å². The van der Waals surface area contributed by atoms with Crippen LogP contribution in [0.25, 0.3) is 10.8 Å². The summed E-state index contributed by atoms with van der Waals surface area (Å²) in [5.41, 5.74) is 2.60. The van der Waals surface area contributed by atoms with Gasteiger partial charge in [0.2, 0.25) is 23.6 Å². The molecule has 4 amide bonds. The molecule has 1 N–H and O–H groups in total. The Kier molecular flexibility index (Phi) is 6.41. The van der Waals surface area contributed by atoms with Crippen molar-refractivity contribution in [3.8, 4) is 5.75 Å². The number of carbonyl (C=O) groups excluding carboxylic acids is 4. The van der Waals surface area contributed by atoms with Crippen molar-refractivity contribution in [1.82, 2.24) is 0 Å². The number of aromatic hydroxyl groups is 1. The van der Waals surface area contributed by atoms with Gasteiger partial charge in [-0.05, 0) is 84.3 Å². The third-order valence-corrected chi connectivity index (χ3v) is 10.6. The molecular weight excluding hydrogens is 611 g/mol. The number of allylic oxidation sites excluding steroid dienone is 2. The highest BCUT2D eigenvalue weighted by Crippen LogP contribution is 2.59. The summed E-state index contributed by atoms with van der Waals surface area (Å²) in [6.07, 6.45) is 2.64. The Morgan fingerprint density at radius 2 is 1.16 bits per heavy atom. The van der Waals surface area contributed by atoms with E-state index in [2.05, 4.69) is 0 Å². The molecule has 0 spiro atoms. The molecule has 0 aromatic heterocycles. The quantitative estimate of drug-likeness (QED) is 0.195. The van der Waals surface area contributed by atoms with Crippen molar-refractivity contribution in [2.75, 3.05) is 9.80 Å². The predicted octanol–water partition coefficient (Wildman–Crippen LogP) is 6.90. The normalized spacial score (nSPS) is 27.5. The minimum atomic E-state index is -0.722. The van der Waals surface area contributed by atoms with Crippen LogP contribution in [0.5, 0.6) is 5.75 Å². The van der Waals surface area contributed by atoms with Gasteiger partial charge in [-0.2, -0.15) is 0 Å². The van der Waals surface area contributed by atoms with Crippen LogP contribution in [0, 0.1) is 29.6 Å². The summed E-state index contributed by atoms with van der Waals surface area (Å²) < 4.78 is 0. The van der Waals surface area contributed by atoms with E-state index < -0.39 is 35.5 Å². The summed E-state index contributed by atoms with van der Waals surface area (Å²) in [5, 5.41) is 13.1. The first kappa shape index (κ1) is 28.0. The van der Waals surface area contributed by atoms with Crippen LogP contribution >= 0.6 is 23.2 Å². The maximum absolute atomic E-state index is 14.4. The summed E-state index contributed by atoms with van der Waals surface area (Å²) in [5.74, 6) is -4.75. The van der Waals surface area contributed by atoms with Crippen LogP contribution in [0.4, 0.5) is 11.4 Å². The van der Waals surface area contributed by atoms with Gasteiger partial charge in [0.25, 0.3) is 0 Å². The largest absolute Gasteiger partial charge is 0.507 e. The summed E-state index contributed by atoms with van der Waals surface area (Å²) in [6.45, 7) is 0. The van der Waals surface area contributed by atoms with Gasteiger partial charge in [0.1, 0.15) is 5.75 Å². The Bertz CT molecular complexity index is 1970. The van der Waals surface area contributed by atoms with E-state index in [4.69, 9.17) is 23.2 Å². The zero-order chi connectivity index (χ0) is 31.1. The van der Waals surface area contributed by atoms with Crippen LogP contribution in [0.2, 0.25) is 10.0 Å². The Hall–Kier alpha value is -4.46. The number of anilines is 2. The molecule has 3 fully saturated rings. The van der Waals surface area contributed by atoms with Crippen LogP contribution < -0.4 is 9.80 Å². The fraction of sp³-hybridized carbons (Fsp3) is 0.222. The highest BCUT2D eigenvalue weighted by molar-refractivity contribution is 6.31.